The molecule has 0 heterocycles. The van der Waals surface area contributed by atoms with Crippen LogP contribution in [0.5, 0.6) is 0 Å². The van der Waals surface area contributed by atoms with Gasteiger partial charge < -0.3 is 85.9 Å². The van der Waals surface area contributed by atoms with Crippen LogP contribution < -0.4 is 24.6 Å². The van der Waals surface area contributed by atoms with Gasteiger partial charge in [-0.3, -0.25) is 0 Å². The van der Waals surface area contributed by atoms with Crippen molar-refractivity contribution in [1.82, 2.24) is 24.6 Å². The number of nitrogens with zero attached hydrogens (tertiary/aromatic N) is 4. The number of hydrogen-bond acceptors (Lipinski definition) is 12. The minimum absolute atomic E-state index is 0. The molecule has 0 rings (SSSR count). The van der Waals surface area contributed by atoms with E-state index >= 15 is 0 Å². The van der Waals surface area contributed by atoms with E-state index in [-0.39, 0.29) is 24.6 Å². The van der Waals surface area contributed by atoms with Crippen LogP contribution in [0.4, 0.5) is 0 Å². The van der Waals surface area contributed by atoms with Gasteiger partial charge in [-0.1, -0.05) is 0 Å². The van der Waals surface area contributed by atoms with Gasteiger partial charge in [0.1, 0.15) is 0 Å². The third-order valence-corrected chi connectivity index (χ3v) is 0. The molecule has 0 unspecified atom stereocenters. The van der Waals surface area contributed by atoms with E-state index in [4.69, 9.17) is 61.3 Å². The van der Waals surface area contributed by atoms with Crippen LogP contribution >= 0.6 is 0 Å². The van der Waals surface area contributed by atoms with Crippen molar-refractivity contribution in [3.8, 4) is 0 Å². The SMILES string of the molecule is O=[N+]([O-])[O-].O=[N+]([O-])[O-].O=[N+]([O-])[O-].O=[N+]([O-])[O-].[NH4+].[NH4+].[NH4+].[NH4+]. The number of quaternary nitrogens is 4. The normalized spacial score (nSPS) is 4.80. The van der Waals surface area contributed by atoms with Gasteiger partial charge in [0.2, 0.25) is 0 Å². The standard InChI is InChI=1S/4NO3.4H3N/c4*2-1(3)4;;;;/h;;;;4*1H3/q4*-1;;;;/p+4. The molecule has 0 bridgehead atoms. The van der Waals surface area contributed by atoms with Gasteiger partial charge in [0, 0.05) is 0 Å². The Morgan fingerprint density at radius 3 is 0.350 bits per heavy atom. The second kappa shape index (κ2) is 44.9. The minimum atomic E-state index is -1.75. The molecule has 0 aliphatic carbocycles. The van der Waals surface area contributed by atoms with Crippen molar-refractivity contribution in [2.45, 2.75) is 0 Å². The zero-order chi connectivity index (χ0) is 14.3. The Bertz CT molecular complexity index is 159. The third kappa shape index (κ3) is 241. The lowest BCUT2D eigenvalue weighted by Gasteiger charge is -1.74. The van der Waals surface area contributed by atoms with Crippen molar-refractivity contribution in [1.29, 1.82) is 0 Å². The molecule has 0 fully saturated rings. The fourth-order valence-corrected chi connectivity index (χ4v) is 0. The topological polar surface area (TPSA) is 411 Å². The Kier molecular flexibility index (Phi) is 122. The highest BCUT2D eigenvalue weighted by Gasteiger charge is 1.46. The fraction of sp³-hybridized carbons (Fsp3) is 0. The quantitative estimate of drug-likeness (QED) is 0.350. The third-order valence-electron chi connectivity index (χ3n) is 0. The first-order chi connectivity index (χ1) is 6.93. The summed E-state index contributed by atoms with van der Waals surface area (Å²) in [4.78, 5) is 33.0. The number of hydrogen-bond donors (Lipinski definition) is 4. The molecular weight excluding hydrogens is 304 g/mol. The first-order valence-electron chi connectivity index (χ1n) is 2.19. The Morgan fingerprint density at radius 2 is 0.350 bits per heavy atom. The summed E-state index contributed by atoms with van der Waals surface area (Å²) in [7, 11) is 0. The average Bonchev–Trinajstić information content (AvgIpc) is 1.76. The van der Waals surface area contributed by atoms with Gasteiger partial charge in [0.25, 0.3) is 0 Å². The van der Waals surface area contributed by atoms with Crippen molar-refractivity contribution in [3.05, 3.63) is 61.3 Å². The fourth-order valence-electron chi connectivity index (χ4n) is 0. The maximum atomic E-state index is 8.25. The zero-order valence-corrected chi connectivity index (χ0v) is 10.7. The van der Waals surface area contributed by atoms with Gasteiger partial charge in [-0.2, -0.15) is 0 Å². The van der Waals surface area contributed by atoms with Crippen LogP contribution in [0, 0.1) is 61.3 Å². The maximum absolute atomic E-state index is 8.25. The van der Waals surface area contributed by atoms with Crippen molar-refractivity contribution >= 4 is 0 Å². The molecule has 0 aromatic carbocycles. The van der Waals surface area contributed by atoms with E-state index in [0.29, 0.717) is 0 Å². The number of rotatable bonds is 0. The van der Waals surface area contributed by atoms with Crippen LogP contribution in [0.25, 0.3) is 0 Å². The summed E-state index contributed by atoms with van der Waals surface area (Å²) < 4.78 is 0. The molecule has 0 saturated carbocycles. The predicted octanol–water partition coefficient (Wildman–Crippen LogP) is 0.548. The van der Waals surface area contributed by atoms with Crippen molar-refractivity contribution < 1.29 is 20.3 Å². The maximum Gasteiger partial charge on any atom is 0.0689 e. The second-order valence-corrected chi connectivity index (χ2v) is 0.894. The molecule has 0 radical (unpaired) electrons. The van der Waals surface area contributed by atoms with Crippen molar-refractivity contribution in [2.24, 2.45) is 0 Å². The lowest BCUT2D eigenvalue weighted by atomic mass is 13.1. The molecule has 20 heavy (non-hydrogen) atoms. The van der Waals surface area contributed by atoms with Gasteiger partial charge in [-0.15, -0.1) is 0 Å². The van der Waals surface area contributed by atoms with Gasteiger partial charge in [-0.05, 0) is 0 Å². The first-order valence-corrected chi connectivity index (χ1v) is 2.19. The van der Waals surface area contributed by atoms with Crippen LogP contribution in [0.3, 0.4) is 0 Å². The summed E-state index contributed by atoms with van der Waals surface area (Å²) >= 11 is 0. The Hall–Kier alpha value is -3.36. The summed E-state index contributed by atoms with van der Waals surface area (Å²) in [6.07, 6.45) is 0. The summed E-state index contributed by atoms with van der Waals surface area (Å²) in [6.45, 7) is 0. The molecule has 20 nitrogen and oxygen atoms in total. The summed E-state index contributed by atoms with van der Waals surface area (Å²) in [6, 6.07) is 0. The highest BCUT2D eigenvalue weighted by atomic mass is 16.9. The molecule has 0 aliphatic rings. The minimum Gasteiger partial charge on any atom is -0.369 e. The highest BCUT2D eigenvalue weighted by Crippen LogP contribution is 1.45. The van der Waals surface area contributed by atoms with E-state index in [9.17, 15) is 0 Å². The lowest BCUT2D eigenvalue weighted by Crippen LogP contribution is -1.74. The lowest BCUT2D eigenvalue weighted by molar-refractivity contribution is -0.403. The van der Waals surface area contributed by atoms with Crippen molar-refractivity contribution in [2.75, 3.05) is 0 Å². The molecule has 20 heteroatoms. The average molecular weight is 320 g/mol. The van der Waals surface area contributed by atoms with Gasteiger partial charge >= 0.3 is 0 Å². The van der Waals surface area contributed by atoms with Gasteiger partial charge in [-0.25, -0.2) is 0 Å². The largest absolute Gasteiger partial charge is 0.369 e. The molecule has 0 saturated heterocycles. The second-order valence-electron chi connectivity index (χ2n) is 0.894. The molecule has 0 amide bonds. The Morgan fingerprint density at radius 1 is 0.350 bits per heavy atom. The Labute approximate surface area is 108 Å². The van der Waals surface area contributed by atoms with E-state index in [1.54, 1.807) is 0 Å². The van der Waals surface area contributed by atoms with Crippen LogP contribution in [-0.4, -0.2) is 20.3 Å². The molecule has 128 valence electrons. The van der Waals surface area contributed by atoms with E-state index in [0.717, 1.165) is 0 Å². The molecule has 0 aliphatic heterocycles. The first kappa shape index (κ1) is 54.5. The molecular formula is H16N8O12. The zero-order valence-electron chi connectivity index (χ0n) is 10.7. The van der Waals surface area contributed by atoms with E-state index < -0.39 is 20.3 Å². The van der Waals surface area contributed by atoms with Gasteiger partial charge in [0.15, 0.2) is 0 Å². The van der Waals surface area contributed by atoms with E-state index in [1.165, 1.54) is 0 Å². The highest BCUT2D eigenvalue weighted by molar-refractivity contribution is 4.04. The predicted molar refractivity (Wildman–Crippen MR) is 65.4 cm³/mol. The van der Waals surface area contributed by atoms with Crippen molar-refractivity contribution in [3.63, 3.8) is 0 Å². The Balaban J connectivity index is -0.0000000150. The van der Waals surface area contributed by atoms with E-state index in [2.05, 4.69) is 0 Å². The summed E-state index contributed by atoms with van der Waals surface area (Å²) in [5.74, 6) is 0. The van der Waals surface area contributed by atoms with Crippen LogP contribution in [0.15, 0.2) is 0 Å². The summed E-state index contributed by atoms with van der Waals surface area (Å²) in [5, 5.41) is 59.0. The molecule has 16 N–H and O–H groups in total. The van der Waals surface area contributed by atoms with E-state index in [1.807, 2.05) is 0 Å². The van der Waals surface area contributed by atoms with Gasteiger partial charge in [0.05, 0.1) is 20.3 Å². The molecule has 0 aromatic rings. The molecule has 0 aromatic heterocycles. The smallest absolute Gasteiger partial charge is 0.0689 e. The monoisotopic (exact) mass is 320 g/mol. The van der Waals surface area contributed by atoms with Crippen LogP contribution in [0.2, 0.25) is 0 Å². The molecule has 0 spiro atoms. The van der Waals surface area contributed by atoms with Crippen LogP contribution in [0.1, 0.15) is 0 Å². The summed E-state index contributed by atoms with van der Waals surface area (Å²) in [5.41, 5.74) is 0. The molecule has 0 atom stereocenters. The van der Waals surface area contributed by atoms with Crippen LogP contribution in [-0.2, 0) is 0 Å².